The molecule has 29 heavy (non-hydrogen) atoms. The molecule has 2 amide bonds. The molecule has 0 aromatic heterocycles. The van der Waals surface area contributed by atoms with Gasteiger partial charge in [-0.3, -0.25) is 14.5 Å². The summed E-state index contributed by atoms with van der Waals surface area (Å²) in [6.45, 7) is 3.48. The molecule has 1 atom stereocenters. The predicted octanol–water partition coefficient (Wildman–Crippen LogP) is 3.80. The van der Waals surface area contributed by atoms with Crippen LogP contribution in [-0.2, 0) is 9.59 Å². The standard InChI is InChI=1S/C21H24N2O4S2/c1-2-15-5-3-4-9-22(15)19(24)8-10-23-20(25)18(29-21(23)28)12-14-6-7-16-17(11-14)27-13-26-16/h6-7,11-12,15H,2-5,8-10,13H2,1H3/b18-12-/t15-/m1/s1. The van der Waals surface area contributed by atoms with Gasteiger partial charge in [-0.25, -0.2) is 0 Å². The van der Waals surface area contributed by atoms with Gasteiger partial charge in [0.05, 0.1) is 4.91 Å². The Bertz CT molecular complexity index is 870. The summed E-state index contributed by atoms with van der Waals surface area (Å²) in [6.07, 6.45) is 6.40. The first-order chi connectivity index (χ1) is 14.1. The Morgan fingerprint density at radius 1 is 1.31 bits per heavy atom. The molecule has 4 rings (SSSR count). The number of hydrogen-bond donors (Lipinski definition) is 0. The number of hydrogen-bond acceptors (Lipinski definition) is 6. The average Bonchev–Trinajstić information content (AvgIpc) is 3.30. The Morgan fingerprint density at radius 2 is 2.14 bits per heavy atom. The Labute approximate surface area is 180 Å². The van der Waals surface area contributed by atoms with Crippen LogP contribution in [0.25, 0.3) is 6.08 Å². The number of amides is 2. The Morgan fingerprint density at radius 3 is 2.97 bits per heavy atom. The number of benzene rings is 1. The maximum Gasteiger partial charge on any atom is 0.266 e. The zero-order valence-electron chi connectivity index (χ0n) is 16.4. The molecule has 2 fully saturated rings. The Kier molecular flexibility index (Phi) is 6.10. The van der Waals surface area contributed by atoms with Gasteiger partial charge >= 0.3 is 0 Å². The van der Waals surface area contributed by atoms with E-state index in [1.54, 1.807) is 11.0 Å². The van der Waals surface area contributed by atoms with E-state index >= 15 is 0 Å². The molecule has 0 radical (unpaired) electrons. The maximum atomic E-state index is 12.8. The lowest BCUT2D eigenvalue weighted by Gasteiger charge is -2.35. The summed E-state index contributed by atoms with van der Waals surface area (Å²) in [4.78, 5) is 29.6. The molecule has 1 aromatic rings. The van der Waals surface area contributed by atoms with Gasteiger partial charge in [0.1, 0.15) is 4.32 Å². The monoisotopic (exact) mass is 432 g/mol. The second-order valence-electron chi connectivity index (χ2n) is 7.34. The molecule has 1 aromatic carbocycles. The fraction of sp³-hybridized carbons (Fsp3) is 0.476. The van der Waals surface area contributed by atoms with Crippen LogP contribution in [-0.4, -0.2) is 51.9 Å². The molecule has 0 N–H and O–H groups in total. The van der Waals surface area contributed by atoms with Gasteiger partial charge < -0.3 is 14.4 Å². The first kappa shape index (κ1) is 20.2. The van der Waals surface area contributed by atoms with Crippen molar-refractivity contribution >= 4 is 46.2 Å². The molecular formula is C21H24N2O4S2. The van der Waals surface area contributed by atoms with Crippen LogP contribution in [0.15, 0.2) is 23.1 Å². The molecule has 6 nitrogen and oxygen atoms in total. The topological polar surface area (TPSA) is 59.1 Å². The molecular weight excluding hydrogens is 408 g/mol. The van der Waals surface area contributed by atoms with Crippen molar-refractivity contribution in [3.8, 4) is 11.5 Å². The summed E-state index contributed by atoms with van der Waals surface area (Å²) >= 11 is 6.68. The Balaban J connectivity index is 1.40. The van der Waals surface area contributed by atoms with Crippen molar-refractivity contribution in [1.29, 1.82) is 0 Å². The van der Waals surface area contributed by atoms with Gasteiger partial charge in [0.15, 0.2) is 11.5 Å². The minimum absolute atomic E-state index is 0.116. The van der Waals surface area contributed by atoms with Crippen molar-refractivity contribution in [3.63, 3.8) is 0 Å². The van der Waals surface area contributed by atoms with Gasteiger partial charge in [-0.2, -0.15) is 0 Å². The van der Waals surface area contributed by atoms with E-state index in [-0.39, 0.29) is 18.6 Å². The Hall–Kier alpha value is -2.06. The van der Waals surface area contributed by atoms with Crippen LogP contribution in [0.2, 0.25) is 0 Å². The summed E-state index contributed by atoms with van der Waals surface area (Å²) in [5, 5.41) is 0. The second kappa shape index (κ2) is 8.75. The smallest absolute Gasteiger partial charge is 0.266 e. The number of nitrogens with zero attached hydrogens (tertiary/aromatic N) is 2. The van der Waals surface area contributed by atoms with Crippen LogP contribution in [0, 0.1) is 0 Å². The summed E-state index contributed by atoms with van der Waals surface area (Å²) in [6, 6.07) is 5.88. The SMILES string of the molecule is CC[C@@H]1CCCCN1C(=O)CCN1C(=O)/C(=C/c2ccc3c(c2)OCO3)SC1=S. The fourth-order valence-electron chi connectivity index (χ4n) is 3.95. The van der Waals surface area contributed by atoms with Crippen LogP contribution in [0.3, 0.4) is 0 Å². The molecule has 0 spiro atoms. The zero-order chi connectivity index (χ0) is 20.4. The molecule has 0 unspecified atom stereocenters. The van der Waals surface area contributed by atoms with Gasteiger partial charge in [0.2, 0.25) is 12.7 Å². The van der Waals surface area contributed by atoms with Gasteiger partial charge in [0.25, 0.3) is 5.91 Å². The number of thioether (sulfide) groups is 1. The minimum atomic E-state index is -0.142. The number of likely N-dealkylation sites (tertiary alicyclic amines) is 1. The maximum absolute atomic E-state index is 12.8. The van der Waals surface area contributed by atoms with E-state index in [1.165, 1.54) is 18.2 Å². The van der Waals surface area contributed by atoms with Crippen molar-refractivity contribution in [2.75, 3.05) is 19.9 Å². The normalized spacial score (nSPS) is 22.7. The van der Waals surface area contributed by atoms with Crippen molar-refractivity contribution in [3.05, 3.63) is 28.7 Å². The van der Waals surface area contributed by atoms with Crippen molar-refractivity contribution in [2.45, 2.75) is 45.1 Å². The molecule has 154 valence electrons. The number of thiocarbonyl (C=S) groups is 1. The lowest BCUT2D eigenvalue weighted by atomic mass is 9.99. The first-order valence-corrected chi connectivity index (χ1v) is 11.2. The quantitative estimate of drug-likeness (QED) is 0.521. The van der Waals surface area contributed by atoms with Gasteiger partial charge in [-0.05, 0) is 49.5 Å². The number of rotatable bonds is 5. The minimum Gasteiger partial charge on any atom is -0.454 e. The lowest BCUT2D eigenvalue weighted by Crippen LogP contribution is -2.44. The molecule has 3 aliphatic heterocycles. The highest BCUT2D eigenvalue weighted by Gasteiger charge is 2.33. The summed E-state index contributed by atoms with van der Waals surface area (Å²) in [5.74, 6) is 1.35. The molecule has 0 aliphatic carbocycles. The molecule has 2 saturated heterocycles. The average molecular weight is 433 g/mol. The van der Waals surface area contributed by atoms with Gasteiger partial charge in [-0.1, -0.05) is 37.0 Å². The van der Waals surface area contributed by atoms with E-state index in [2.05, 4.69) is 6.92 Å². The largest absolute Gasteiger partial charge is 0.454 e. The number of piperidine rings is 1. The van der Waals surface area contributed by atoms with Crippen LogP contribution in [0.5, 0.6) is 11.5 Å². The predicted molar refractivity (Wildman–Crippen MR) is 117 cm³/mol. The van der Waals surface area contributed by atoms with Crippen LogP contribution in [0.1, 0.15) is 44.6 Å². The highest BCUT2D eigenvalue weighted by molar-refractivity contribution is 8.26. The number of carbonyl (C=O) groups excluding carboxylic acids is 2. The molecule has 3 aliphatic rings. The number of carbonyl (C=O) groups is 2. The lowest BCUT2D eigenvalue weighted by molar-refractivity contribution is -0.135. The third kappa shape index (κ3) is 4.28. The van der Waals surface area contributed by atoms with E-state index in [9.17, 15) is 9.59 Å². The first-order valence-electron chi connectivity index (χ1n) is 10.0. The van der Waals surface area contributed by atoms with E-state index in [1.807, 2.05) is 23.1 Å². The van der Waals surface area contributed by atoms with Crippen LogP contribution >= 0.6 is 24.0 Å². The summed E-state index contributed by atoms with van der Waals surface area (Å²) in [7, 11) is 0. The second-order valence-corrected chi connectivity index (χ2v) is 9.02. The van der Waals surface area contributed by atoms with Crippen molar-refractivity contribution in [2.24, 2.45) is 0 Å². The van der Waals surface area contributed by atoms with Crippen LogP contribution < -0.4 is 9.47 Å². The third-order valence-corrected chi connectivity index (χ3v) is 6.91. The number of ether oxygens (including phenoxy) is 2. The molecule has 3 heterocycles. The van der Waals surface area contributed by atoms with E-state index in [0.29, 0.717) is 39.7 Å². The van der Waals surface area contributed by atoms with Gasteiger partial charge in [-0.15, -0.1) is 0 Å². The summed E-state index contributed by atoms with van der Waals surface area (Å²) in [5.41, 5.74) is 0.852. The highest BCUT2D eigenvalue weighted by atomic mass is 32.2. The molecule has 0 bridgehead atoms. The van der Waals surface area contributed by atoms with E-state index in [4.69, 9.17) is 21.7 Å². The highest BCUT2D eigenvalue weighted by Crippen LogP contribution is 2.36. The number of fused-ring (bicyclic) bond motifs is 1. The molecule has 8 heteroatoms. The molecule has 0 saturated carbocycles. The fourth-order valence-corrected chi connectivity index (χ4v) is 5.26. The van der Waals surface area contributed by atoms with E-state index in [0.717, 1.165) is 31.4 Å². The van der Waals surface area contributed by atoms with Gasteiger partial charge in [0, 0.05) is 25.6 Å². The van der Waals surface area contributed by atoms with Crippen LogP contribution in [0.4, 0.5) is 0 Å². The third-order valence-electron chi connectivity index (χ3n) is 5.54. The van der Waals surface area contributed by atoms with E-state index < -0.39 is 0 Å². The summed E-state index contributed by atoms with van der Waals surface area (Å²) < 4.78 is 11.2. The zero-order valence-corrected chi connectivity index (χ0v) is 18.0. The van der Waals surface area contributed by atoms with Crippen molar-refractivity contribution < 1.29 is 19.1 Å². The van der Waals surface area contributed by atoms with Crippen molar-refractivity contribution in [1.82, 2.24) is 9.80 Å².